The number of pyridine rings is 1. The van der Waals surface area contributed by atoms with Crippen LogP contribution in [0.5, 0.6) is 0 Å². The highest BCUT2D eigenvalue weighted by atomic mass is 32.2. The molecule has 2 heterocycles. The Morgan fingerprint density at radius 2 is 1.81 bits per heavy atom. The second-order valence-electron chi connectivity index (χ2n) is 11.7. The zero-order valence-corrected chi connectivity index (χ0v) is 26.5. The Bertz CT molecular complexity index is 1320. The van der Waals surface area contributed by atoms with E-state index in [9.17, 15) is 14.9 Å². The van der Waals surface area contributed by atoms with Crippen molar-refractivity contribution in [3.05, 3.63) is 57.9 Å². The van der Waals surface area contributed by atoms with Crippen LogP contribution in [-0.4, -0.2) is 60.5 Å². The van der Waals surface area contributed by atoms with E-state index in [-0.39, 0.29) is 18.2 Å². The Morgan fingerprint density at radius 3 is 2.45 bits per heavy atom. The number of nitrogens with zero attached hydrogens (tertiary/aromatic N) is 5. The Labute approximate surface area is 255 Å². The number of esters is 1. The number of aryl methyl sites for hydroxylation is 1. The number of hydrogen-bond acceptors (Lipinski definition) is 8. The third kappa shape index (κ3) is 9.86. The third-order valence-electron chi connectivity index (χ3n) is 7.16. The smallest absolute Gasteiger partial charge is 0.306 e. The number of nitriles is 1. The molecule has 3 rings (SSSR count). The summed E-state index contributed by atoms with van der Waals surface area (Å²) in [7, 11) is 2.11. The van der Waals surface area contributed by atoms with E-state index < -0.39 is 5.60 Å². The number of thioether (sulfide) groups is 1. The second kappa shape index (κ2) is 15.7. The topological polar surface area (TPSA) is 90.9 Å². The first-order chi connectivity index (χ1) is 20.0. The van der Waals surface area contributed by atoms with Crippen LogP contribution in [0.25, 0.3) is 4.85 Å². The second-order valence-corrected chi connectivity index (χ2v) is 12.7. The van der Waals surface area contributed by atoms with Crippen LogP contribution >= 0.6 is 11.8 Å². The highest BCUT2D eigenvalue weighted by Crippen LogP contribution is 2.39. The van der Waals surface area contributed by atoms with Gasteiger partial charge in [0.05, 0.1) is 12.1 Å². The van der Waals surface area contributed by atoms with Gasteiger partial charge in [-0.2, -0.15) is 5.26 Å². The molecule has 224 valence electrons. The number of rotatable bonds is 12. The van der Waals surface area contributed by atoms with E-state index in [1.165, 1.54) is 11.8 Å². The summed E-state index contributed by atoms with van der Waals surface area (Å²) < 4.78 is 5.30. The molecule has 1 aliphatic rings. The van der Waals surface area contributed by atoms with Gasteiger partial charge in [-0.3, -0.25) is 9.59 Å². The first-order valence-electron chi connectivity index (χ1n) is 14.8. The summed E-state index contributed by atoms with van der Waals surface area (Å²) in [5.41, 5.74) is 3.47. The number of Topliss-reactive ketones (excluding diaryl/α,β-unsaturated/α-hetero) is 1. The van der Waals surface area contributed by atoms with Crippen LogP contribution in [0, 0.1) is 17.9 Å². The van der Waals surface area contributed by atoms with Crippen molar-refractivity contribution < 1.29 is 14.3 Å². The molecule has 1 aliphatic heterocycles. The summed E-state index contributed by atoms with van der Waals surface area (Å²) in [6.45, 7) is 18.9. The molecule has 1 fully saturated rings. The Balaban J connectivity index is 1.61. The average Bonchev–Trinajstić information content (AvgIpc) is 3.17. The van der Waals surface area contributed by atoms with Gasteiger partial charge in [-0.05, 0) is 76.7 Å². The molecule has 0 unspecified atom stereocenters. The first-order valence-corrected chi connectivity index (χ1v) is 15.7. The van der Waals surface area contributed by atoms with Gasteiger partial charge in [0, 0.05) is 44.6 Å². The number of hydrogen-bond donors (Lipinski definition) is 0. The summed E-state index contributed by atoms with van der Waals surface area (Å²) >= 11 is 1.53. The molecule has 0 aliphatic carbocycles. The minimum absolute atomic E-state index is 0.148. The number of carbonyl (C=O) groups excluding carboxylic acids is 2. The number of likely N-dealkylation sites (N-methyl/N-ethyl adjacent to an activating group) is 1. The van der Waals surface area contributed by atoms with Crippen LogP contribution in [0.4, 0.5) is 11.5 Å². The van der Waals surface area contributed by atoms with Crippen LogP contribution < -0.4 is 4.90 Å². The van der Waals surface area contributed by atoms with Crippen LogP contribution in [0.3, 0.4) is 0 Å². The van der Waals surface area contributed by atoms with Gasteiger partial charge in [-0.15, -0.1) is 11.8 Å². The maximum Gasteiger partial charge on any atom is 0.306 e. The van der Waals surface area contributed by atoms with Crippen molar-refractivity contribution in [2.75, 3.05) is 38.1 Å². The lowest BCUT2D eigenvalue weighted by atomic mass is 10.0. The van der Waals surface area contributed by atoms with Crippen LogP contribution in [0.15, 0.2) is 29.3 Å². The quantitative estimate of drug-likeness (QED) is 0.157. The van der Waals surface area contributed by atoms with E-state index in [1.807, 2.05) is 39.8 Å². The van der Waals surface area contributed by atoms with E-state index in [1.54, 1.807) is 0 Å². The molecule has 42 heavy (non-hydrogen) atoms. The molecule has 1 aromatic heterocycles. The van der Waals surface area contributed by atoms with Crippen molar-refractivity contribution in [1.29, 1.82) is 5.26 Å². The highest BCUT2D eigenvalue weighted by Gasteiger charge is 2.24. The summed E-state index contributed by atoms with van der Waals surface area (Å²) in [6.07, 6.45) is 3.86. The number of aromatic nitrogens is 1. The van der Waals surface area contributed by atoms with E-state index in [0.29, 0.717) is 60.0 Å². The lowest BCUT2D eigenvalue weighted by Crippen LogP contribution is -2.29. The standard InChI is InChI=1S/C33H43N5O3S/c1-7-27-28(22-34)32(36-31(30(27)35-5)38-19-9-18-37(6)20-21-38)42-23-25-14-12-24(13-15-25)16-17-26(39)10-8-11-29(40)41-33(2,3)4/h12-15H,7-11,16-21,23H2,1-4,6H3. The fourth-order valence-corrected chi connectivity index (χ4v) is 5.89. The SMILES string of the molecule is [C-]#[N+]c1c(N2CCCN(C)CC2)nc(SCc2ccc(CCC(=O)CCCC(=O)OC(C)(C)C)cc2)c(C#N)c1CC. The van der Waals surface area contributed by atoms with E-state index in [2.05, 4.69) is 39.9 Å². The molecule has 0 amide bonds. The maximum absolute atomic E-state index is 12.3. The molecular weight excluding hydrogens is 546 g/mol. The number of ether oxygens (including phenoxy) is 1. The minimum Gasteiger partial charge on any atom is -0.460 e. The highest BCUT2D eigenvalue weighted by molar-refractivity contribution is 7.98. The van der Waals surface area contributed by atoms with E-state index in [0.717, 1.165) is 49.3 Å². The van der Waals surface area contributed by atoms with Crippen molar-refractivity contribution in [1.82, 2.24) is 9.88 Å². The van der Waals surface area contributed by atoms with Crippen LogP contribution in [-0.2, 0) is 32.9 Å². The average molecular weight is 590 g/mol. The fourth-order valence-electron chi connectivity index (χ4n) is 4.93. The Morgan fingerprint density at radius 1 is 1.10 bits per heavy atom. The lowest BCUT2D eigenvalue weighted by Gasteiger charge is -2.25. The Kier molecular flexibility index (Phi) is 12.4. The number of benzene rings is 1. The molecule has 1 saturated heterocycles. The van der Waals surface area contributed by atoms with Gasteiger partial charge in [0.2, 0.25) is 5.69 Å². The summed E-state index contributed by atoms with van der Waals surface area (Å²) in [6, 6.07) is 10.5. The Hall–Kier alpha value is -3.40. The van der Waals surface area contributed by atoms with Gasteiger partial charge in [-0.1, -0.05) is 31.2 Å². The van der Waals surface area contributed by atoms with Gasteiger partial charge < -0.3 is 14.5 Å². The molecule has 0 bridgehead atoms. The summed E-state index contributed by atoms with van der Waals surface area (Å²) in [5.74, 6) is 1.23. The molecule has 0 saturated carbocycles. The monoisotopic (exact) mass is 589 g/mol. The van der Waals surface area contributed by atoms with Crippen molar-refractivity contribution in [2.45, 2.75) is 89.0 Å². The molecular formula is C33H43N5O3S. The number of anilines is 1. The molecule has 1 aromatic carbocycles. The molecule has 2 aromatic rings. The molecule has 0 spiro atoms. The zero-order chi connectivity index (χ0) is 30.7. The maximum atomic E-state index is 12.3. The van der Waals surface area contributed by atoms with Gasteiger partial charge >= 0.3 is 5.97 Å². The molecule has 0 atom stereocenters. The molecule has 0 radical (unpaired) electrons. The van der Waals surface area contributed by atoms with Gasteiger partial charge in [0.1, 0.15) is 28.3 Å². The van der Waals surface area contributed by atoms with Gasteiger partial charge in [0.15, 0.2) is 0 Å². The zero-order valence-electron chi connectivity index (χ0n) is 25.7. The predicted molar refractivity (Wildman–Crippen MR) is 168 cm³/mol. The summed E-state index contributed by atoms with van der Waals surface area (Å²) in [4.78, 5) is 37.4. The number of carbonyl (C=O) groups is 2. The van der Waals surface area contributed by atoms with Crippen molar-refractivity contribution in [3.8, 4) is 6.07 Å². The predicted octanol–water partition coefficient (Wildman–Crippen LogP) is 6.51. The lowest BCUT2D eigenvalue weighted by molar-refractivity contribution is -0.154. The van der Waals surface area contributed by atoms with Crippen LogP contribution in [0.1, 0.15) is 82.1 Å². The van der Waals surface area contributed by atoms with Gasteiger partial charge in [-0.25, -0.2) is 9.83 Å². The number of ketones is 1. The summed E-state index contributed by atoms with van der Waals surface area (Å²) in [5, 5.41) is 10.7. The first kappa shape index (κ1) is 33.1. The third-order valence-corrected chi connectivity index (χ3v) is 8.21. The van der Waals surface area contributed by atoms with Crippen molar-refractivity contribution in [2.24, 2.45) is 0 Å². The largest absolute Gasteiger partial charge is 0.460 e. The minimum atomic E-state index is -0.505. The molecule has 8 nitrogen and oxygen atoms in total. The van der Waals surface area contributed by atoms with Gasteiger partial charge in [0.25, 0.3) is 0 Å². The van der Waals surface area contributed by atoms with Crippen molar-refractivity contribution >= 4 is 35.0 Å². The van der Waals surface area contributed by atoms with Crippen molar-refractivity contribution in [3.63, 3.8) is 0 Å². The van der Waals surface area contributed by atoms with E-state index >= 15 is 0 Å². The van der Waals surface area contributed by atoms with E-state index in [4.69, 9.17) is 16.3 Å². The normalized spacial score (nSPS) is 14.1. The van der Waals surface area contributed by atoms with Crippen LogP contribution in [0.2, 0.25) is 0 Å². The fraction of sp³-hybridized carbons (Fsp3) is 0.545. The molecule has 9 heteroatoms. The molecule has 0 N–H and O–H groups in total.